The Hall–Kier alpha value is -2.38. The second-order valence-electron chi connectivity index (χ2n) is 6.22. The fourth-order valence-corrected chi connectivity index (χ4v) is 3.27. The van der Waals surface area contributed by atoms with E-state index < -0.39 is 17.8 Å². The lowest BCUT2D eigenvalue weighted by Crippen LogP contribution is -2.36. The quantitative estimate of drug-likeness (QED) is 0.850. The van der Waals surface area contributed by atoms with Crippen LogP contribution in [0.15, 0.2) is 30.6 Å². The minimum atomic E-state index is -4.52. The summed E-state index contributed by atoms with van der Waals surface area (Å²) in [6, 6.07) is 4.71. The molecule has 2 aromatic rings. The molecule has 0 radical (unpaired) electrons. The second-order valence-corrected chi connectivity index (χ2v) is 6.22. The first-order valence-electron chi connectivity index (χ1n) is 8.17. The molecule has 1 atom stereocenters. The number of hydrogen-bond donors (Lipinski definition) is 0. The topological polar surface area (TPSA) is 51.0 Å². The fourth-order valence-electron chi connectivity index (χ4n) is 3.27. The van der Waals surface area contributed by atoms with Crippen LogP contribution in [0.3, 0.4) is 0 Å². The van der Waals surface area contributed by atoms with Gasteiger partial charge in [0.1, 0.15) is 5.69 Å². The number of carbonyl (C=O) groups excluding carboxylic acids is 1. The fraction of sp³-hybridized carbons (Fsp3) is 0.471. The van der Waals surface area contributed by atoms with Gasteiger partial charge in [0.05, 0.1) is 0 Å². The number of nitrogens with zero attached hydrogens (tertiary/aromatic N) is 4. The number of carbonyl (C=O) groups is 1. The summed E-state index contributed by atoms with van der Waals surface area (Å²) in [7, 11) is 1.20. The summed E-state index contributed by atoms with van der Waals surface area (Å²) in [6.07, 6.45) is 2.20. The molecule has 0 N–H and O–H groups in total. The van der Waals surface area contributed by atoms with Crippen molar-refractivity contribution < 1.29 is 18.0 Å². The molecule has 8 heteroatoms. The van der Waals surface area contributed by atoms with Crippen molar-refractivity contribution >= 4 is 5.91 Å². The minimum absolute atomic E-state index is 0.0250. The number of rotatable bonds is 4. The highest BCUT2D eigenvalue weighted by Gasteiger charge is 2.37. The molecule has 0 aliphatic carbocycles. The average molecular weight is 352 g/mol. The third kappa shape index (κ3) is 3.83. The van der Waals surface area contributed by atoms with Crippen molar-refractivity contribution in [1.82, 2.24) is 19.7 Å². The molecule has 1 aliphatic heterocycles. The summed E-state index contributed by atoms with van der Waals surface area (Å²) in [5.41, 5.74) is 0.0699. The van der Waals surface area contributed by atoms with Gasteiger partial charge in [0.25, 0.3) is 5.91 Å². The number of pyridine rings is 1. The molecule has 0 bridgehead atoms. The zero-order chi connectivity index (χ0) is 18.0. The van der Waals surface area contributed by atoms with Gasteiger partial charge in [-0.25, -0.2) is 0 Å². The molecular weight excluding hydrogens is 333 g/mol. The number of alkyl halides is 3. The molecule has 134 valence electrons. The van der Waals surface area contributed by atoms with Gasteiger partial charge in [-0.05, 0) is 43.4 Å². The lowest BCUT2D eigenvalue weighted by Gasteiger charge is -2.24. The van der Waals surface area contributed by atoms with Gasteiger partial charge in [0.2, 0.25) is 0 Å². The maximum atomic E-state index is 12.9. The molecule has 1 fully saturated rings. The van der Waals surface area contributed by atoms with E-state index in [2.05, 4.69) is 10.1 Å². The normalized spacial score (nSPS) is 17.9. The maximum absolute atomic E-state index is 12.9. The summed E-state index contributed by atoms with van der Waals surface area (Å²) < 4.78 is 39.4. The molecule has 2 aromatic heterocycles. The van der Waals surface area contributed by atoms with Crippen LogP contribution in [0.2, 0.25) is 0 Å². The average Bonchev–Trinajstić information content (AvgIpc) is 3.19. The van der Waals surface area contributed by atoms with Crippen LogP contribution < -0.4 is 0 Å². The highest BCUT2D eigenvalue weighted by Crippen LogP contribution is 2.30. The molecule has 1 amide bonds. The predicted molar refractivity (Wildman–Crippen MR) is 84.8 cm³/mol. The third-order valence-electron chi connectivity index (χ3n) is 4.54. The molecule has 5 nitrogen and oxygen atoms in total. The van der Waals surface area contributed by atoms with Gasteiger partial charge in [-0.15, -0.1) is 0 Å². The molecule has 3 heterocycles. The van der Waals surface area contributed by atoms with E-state index in [9.17, 15) is 18.0 Å². The van der Waals surface area contributed by atoms with Crippen molar-refractivity contribution in [1.29, 1.82) is 0 Å². The third-order valence-corrected chi connectivity index (χ3v) is 4.54. The summed E-state index contributed by atoms with van der Waals surface area (Å²) in [5.74, 6) is -0.427. The predicted octanol–water partition coefficient (Wildman–Crippen LogP) is 3.07. The summed E-state index contributed by atoms with van der Waals surface area (Å²) in [4.78, 5) is 18.3. The van der Waals surface area contributed by atoms with Crippen molar-refractivity contribution in [3.05, 3.63) is 47.5 Å². The Labute approximate surface area is 143 Å². The molecule has 1 saturated heterocycles. The van der Waals surface area contributed by atoms with E-state index in [-0.39, 0.29) is 11.7 Å². The van der Waals surface area contributed by atoms with Crippen molar-refractivity contribution in [2.75, 3.05) is 6.54 Å². The van der Waals surface area contributed by atoms with Gasteiger partial charge in [0.15, 0.2) is 5.69 Å². The van der Waals surface area contributed by atoms with Crippen molar-refractivity contribution in [2.24, 2.45) is 7.05 Å². The molecule has 0 aromatic carbocycles. The van der Waals surface area contributed by atoms with E-state index in [1.165, 1.54) is 7.05 Å². The number of aryl methyl sites for hydroxylation is 2. The van der Waals surface area contributed by atoms with Gasteiger partial charge in [-0.2, -0.15) is 18.3 Å². The molecule has 3 rings (SSSR count). The zero-order valence-corrected chi connectivity index (χ0v) is 13.8. The Bertz CT molecular complexity index is 742. The maximum Gasteiger partial charge on any atom is 0.433 e. The Kier molecular flexibility index (Phi) is 4.78. The van der Waals surface area contributed by atoms with Crippen LogP contribution in [-0.2, 0) is 19.6 Å². The minimum Gasteiger partial charge on any atom is -0.334 e. The molecule has 1 aliphatic rings. The van der Waals surface area contributed by atoms with Gasteiger partial charge in [-0.3, -0.25) is 14.5 Å². The van der Waals surface area contributed by atoms with E-state index >= 15 is 0 Å². The largest absolute Gasteiger partial charge is 0.433 e. The number of likely N-dealkylation sites (tertiary alicyclic amines) is 1. The standard InChI is InChI=1S/C17H19F3N4O/c1-23-15(17(18,19)20)11-14(22-23)16(25)24-10-2-3-13(24)5-4-12-6-8-21-9-7-12/h6-9,11,13H,2-5,10H2,1H3/t13-/m0/s1. The van der Waals surface area contributed by atoms with Crippen LogP contribution in [0.4, 0.5) is 13.2 Å². The lowest BCUT2D eigenvalue weighted by atomic mass is 10.0. The molecule has 0 spiro atoms. The van der Waals surface area contributed by atoms with Crippen LogP contribution in [0.25, 0.3) is 0 Å². The van der Waals surface area contributed by atoms with Crippen LogP contribution in [0.1, 0.15) is 41.0 Å². The number of aromatic nitrogens is 3. The Morgan fingerprint density at radius 3 is 2.68 bits per heavy atom. The smallest absolute Gasteiger partial charge is 0.334 e. The highest BCUT2D eigenvalue weighted by molar-refractivity contribution is 5.92. The highest BCUT2D eigenvalue weighted by atomic mass is 19.4. The van der Waals surface area contributed by atoms with Crippen LogP contribution >= 0.6 is 0 Å². The first-order valence-corrected chi connectivity index (χ1v) is 8.17. The van der Waals surface area contributed by atoms with Gasteiger partial charge in [0, 0.05) is 38.1 Å². The van der Waals surface area contributed by atoms with E-state index in [1.807, 2.05) is 12.1 Å². The van der Waals surface area contributed by atoms with Crippen LogP contribution in [0.5, 0.6) is 0 Å². The van der Waals surface area contributed by atoms with Gasteiger partial charge in [-0.1, -0.05) is 0 Å². The number of amides is 1. The Morgan fingerprint density at radius 1 is 1.32 bits per heavy atom. The van der Waals surface area contributed by atoms with Gasteiger partial charge < -0.3 is 4.90 Å². The van der Waals surface area contributed by atoms with E-state index in [1.54, 1.807) is 17.3 Å². The summed E-state index contributed by atoms with van der Waals surface area (Å²) in [6.45, 7) is 0.553. The zero-order valence-electron chi connectivity index (χ0n) is 13.8. The SMILES string of the molecule is Cn1nc(C(=O)N2CCC[C@H]2CCc2ccncc2)cc1C(F)(F)F. The van der Waals surface area contributed by atoms with Gasteiger partial charge >= 0.3 is 6.18 Å². The molecule has 25 heavy (non-hydrogen) atoms. The summed E-state index contributed by atoms with van der Waals surface area (Å²) >= 11 is 0. The Morgan fingerprint density at radius 2 is 2.04 bits per heavy atom. The number of hydrogen-bond acceptors (Lipinski definition) is 3. The Balaban J connectivity index is 1.70. The monoisotopic (exact) mass is 352 g/mol. The first kappa shape index (κ1) is 17.4. The molecule has 0 saturated carbocycles. The summed E-state index contributed by atoms with van der Waals surface area (Å²) in [5, 5.41) is 3.77. The van der Waals surface area contributed by atoms with E-state index in [4.69, 9.17) is 0 Å². The van der Waals surface area contributed by atoms with Crippen molar-refractivity contribution in [3.8, 4) is 0 Å². The molecule has 0 unspecified atom stereocenters. The van der Waals surface area contributed by atoms with Crippen LogP contribution in [-0.4, -0.2) is 38.2 Å². The number of halogens is 3. The van der Waals surface area contributed by atoms with E-state index in [0.29, 0.717) is 6.54 Å². The molecular formula is C17H19F3N4O. The van der Waals surface area contributed by atoms with Crippen molar-refractivity contribution in [2.45, 2.75) is 37.9 Å². The lowest BCUT2D eigenvalue weighted by molar-refractivity contribution is -0.143. The second kappa shape index (κ2) is 6.85. The van der Waals surface area contributed by atoms with Crippen molar-refractivity contribution in [3.63, 3.8) is 0 Å². The van der Waals surface area contributed by atoms with Crippen LogP contribution in [0, 0.1) is 0 Å². The first-order chi connectivity index (χ1) is 11.9. The van der Waals surface area contributed by atoms with E-state index in [0.717, 1.165) is 42.0 Å².